The Balaban J connectivity index is 1.72. The Morgan fingerprint density at radius 1 is 1.38 bits per heavy atom. The summed E-state index contributed by atoms with van der Waals surface area (Å²) >= 11 is 0. The molecule has 3 aromatic rings. The fourth-order valence-electron chi connectivity index (χ4n) is 2.78. The lowest BCUT2D eigenvalue weighted by Gasteiger charge is -2.17. The topological polar surface area (TPSA) is 80.5 Å². The molecule has 3 aromatic heterocycles. The van der Waals surface area contributed by atoms with Gasteiger partial charge in [0, 0.05) is 29.2 Å². The van der Waals surface area contributed by atoms with Crippen LogP contribution < -0.4 is 0 Å². The average Bonchev–Trinajstić information content (AvgIpc) is 3.14. The average molecular weight is 281 g/mol. The van der Waals surface area contributed by atoms with Gasteiger partial charge in [-0.05, 0) is 37.3 Å². The second-order valence-electron chi connectivity index (χ2n) is 5.54. The van der Waals surface area contributed by atoms with E-state index >= 15 is 0 Å². The molecule has 1 aliphatic carbocycles. The van der Waals surface area contributed by atoms with Crippen molar-refractivity contribution >= 4 is 0 Å². The van der Waals surface area contributed by atoms with Gasteiger partial charge in [-0.2, -0.15) is 10.1 Å². The molecule has 0 radical (unpaired) electrons. The lowest BCUT2D eigenvalue weighted by molar-refractivity contribution is 0.429. The molecule has 0 fully saturated rings. The Labute approximate surface area is 121 Å². The van der Waals surface area contributed by atoms with Crippen molar-refractivity contribution in [3.63, 3.8) is 0 Å². The summed E-state index contributed by atoms with van der Waals surface area (Å²) in [5, 5.41) is 11.5. The van der Waals surface area contributed by atoms with E-state index in [4.69, 9.17) is 4.52 Å². The van der Waals surface area contributed by atoms with Crippen molar-refractivity contribution in [1.29, 1.82) is 0 Å². The smallest absolute Gasteiger partial charge is 0.279 e. The third kappa shape index (κ3) is 2.12. The number of H-pyrrole nitrogens is 1. The van der Waals surface area contributed by atoms with Gasteiger partial charge in [0.1, 0.15) is 0 Å². The molecule has 0 amide bonds. The van der Waals surface area contributed by atoms with Crippen LogP contribution in [-0.4, -0.2) is 25.3 Å². The summed E-state index contributed by atoms with van der Waals surface area (Å²) in [6.07, 6.45) is 6.67. The van der Waals surface area contributed by atoms with Gasteiger partial charge in [0.05, 0.1) is 0 Å². The Kier molecular flexibility index (Phi) is 2.80. The van der Waals surface area contributed by atoms with Crippen molar-refractivity contribution in [3.05, 3.63) is 35.8 Å². The number of hydrogen-bond donors (Lipinski definition) is 1. The van der Waals surface area contributed by atoms with Crippen LogP contribution in [0.5, 0.6) is 0 Å². The summed E-state index contributed by atoms with van der Waals surface area (Å²) in [6, 6.07) is 3.76. The van der Waals surface area contributed by atoms with Crippen LogP contribution in [0.15, 0.2) is 29.0 Å². The quantitative estimate of drug-likeness (QED) is 0.781. The highest BCUT2D eigenvalue weighted by Gasteiger charge is 2.25. The summed E-state index contributed by atoms with van der Waals surface area (Å²) in [5.74, 6) is 1.67. The SMILES string of the molecule is CC1CCc2[nH]nc(-c3nc(-c4cccnc4)no3)c2C1. The minimum Gasteiger partial charge on any atom is -0.332 e. The number of rotatable bonds is 2. The number of hydrogen-bond acceptors (Lipinski definition) is 5. The van der Waals surface area contributed by atoms with E-state index in [9.17, 15) is 0 Å². The van der Waals surface area contributed by atoms with Crippen LogP contribution in [0.25, 0.3) is 23.0 Å². The Bertz CT molecular complexity index is 761. The first-order valence-electron chi connectivity index (χ1n) is 7.12. The molecule has 1 atom stereocenters. The van der Waals surface area contributed by atoms with Crippen LogP contribution >= 0.6 is 0 Å². The molecule has 0 aromatic carbocycles. The van der Waals surface area contributed by atoms with Gasteiger partial charge in [-0.15, -0.1) is 0 Å². The summed E-state index contributed by atoms with van der Waals surface area (Å²) in [4.78, 5) is 8.53. The van der Waals surface area contributed by atoms with E-state index in [0.717, 1.165) is 24.1 Å². The monoisotopic (exact) mass is 281 g/mol. The van der Waals surface area contributed by atoms with E-state index < -0.39 is 0 Å². The number of pyridine rings is 1. The highest BCUT2D eigenvalue weighted by atomic mass is 16.5. The van der Waals surface area contributed by atoms with Crippen LogP contribution in [-0.2, 0) is 12.8 Å². The van der Waals surface area contributed by atoms with Gasteiger partial charge < -0.3 is 4.52 Å². The van der Waals surface area contributed by atoms with E-state index in [1.165, 1.54) is 17.7 Å². The van der Waals surface area contributed by atoms with Crippen LogP contribution in [0.2, 0.25) is 0 Å². The summed E-state index contributed by atoms with van der Waals surface area (Å²) < 4.78 is 5.39. The maximum absolute atomic E-state index is 5.39. The van der Waals surface area contributed by atoms with Gasteiger partial charge in [0.2, 0.25) is 5.82 Å². The van der Waals surface area contributed by atoms with Crippen molar-refractivity contribution in [2.45, 2.75) is 26.2 Å². The first kappa shape index (κ1) is 12.3. The first-order chi connectivity index (χ1) is 10.3. The van der Waals surface area contributed by atoms with E-state index in [1.807, 2.05) is 12.1 Å². The third-order valence-corrected chi connectivity index (χ3v) is 3.94. The van der Waals surface area contributed by atoms with E-state index in [0.29, 0.717) is 17.6 Å². The van der Waals surface area contributed by atoms with Crippen molar-refractivity contribution in [1.82, 2.24) is 25.3 Å². The minimum absolute atomic E-state index is 0.473. The third-order valence-electron chi connectivity index (χ3n) is 3.94. The largest absolute Gasteiger partial charge is 0.332 e. The molecule has 0 bridgehead atoms. The number of nitrogens with zero attached hydrogens (tertiary/aromatic N) is 4. The fraction of sp³-hybridized carbons (Fsp3) is 0.333. The molecule has 21 heavy (non-hydrogen) atoms. The highest BCUT2D eigenvalue weighted by molar-refractivity contribution is 5.59. The van der Waals surface area contributed by atoms with Gasteiger partial charge in [-0.1, -0.05) is 12.1 Å². The van der Waals surface area contributed by atoms with Crippen LogP contribution in [0.4, 0.5) is 0 Å². The molecule has 0 saturated heterocycles. The number of aromatic nitrogens is 5. The molecule has 3 heterocycles. The zero-order valence-electron chi connectivity index (χ0n) is 11.7. The van der Waals surface area contributed by atoms with Crippen molar-refractivity contribution in [3.8, 4) is 23.0 Å². The molecular weight excluding hydrogens is 266 g/mol. The molecular formula is C15H15N5O. The summed E-state index contributed by atoms with van der Waals surface area (Å²) in [7, 11) is 0. The van der Waals surface area contributed by atoms with Gasteiger partial charge >= 0.3 is 0 Å². The zero-order chi connectivity index (χ0) is 14.2. The second kappa shape index (κ2) is 4.80. The van der Waals surface area contributed by atoms with Crippen LogP contribution in [0.1, 0.15) is 24.6 Å². The molecule has 106 valence electrons. The molecule has 1 aliphatic rings. The van der Waals surface area contributed by atoms with Crippen LogP contribution in [0.3, 0.4) is 0 Å². The highest BCUT2D eigenvalue weighted by Crippen LogP contribution is 2.31. The normalized spacial score (nSPS) is 17.7. The van der Waals surface area contributed by atoms with E-state index in [-0.39, 0.29) is 0 Å². The summed E-state index contributed by atoms with van der Waals surface area (Å²) in [5.41, 5.74) is 4.05. The minimum atomic E-state index is 0.473. The maximum Gasteiger partial charge on any atom is 0.279 e. The van der Waals surface area contributed by atoms with Crippen molar-refractivity contribution in [2.24, 2.45) is 5.92 Å². The summed E-state index contributed by atoms with van der Waals surface area (Å²) in [6.45, 7) is 2.26. The molecule has 6 heteroatoms. The Morgan fingerprint density at radius 2 is 2.33 bits per heavy atom. The van der Waals surface area contributed by atoms with Gasteiger partial charge in [0.25, 0.3) is 5.89 Å². The molecule has 1 unspecified atom stereocenters. The van der Waals surface area contributed by atoms with E-state index in [1.54, 1.807) is 12.4 Å². The number of nitrogens with one attached hydrogen (secondary N) is 1. The Hall–Kier alpha value is -2.50. The van der Waals surface area contributed by atoms with Crippen LogP contribution in [0, 0.1) is 5.92 Å². The number of aromatic amines is 1. The predicted octanol–water partition coefficient (Wildman–Crippen LogP) is 2.65. The predicted molar refractivity (Wildman–Crippen MR) is 76.3 cm³/mol. The molecule has 0 saturated carbocycles. The fourth-order valence-corrected chi connectivity index (χ4v) is 2.78. The first-order valence-corrected chi connectivity index (χ1v) is 7.12. The zero-order valence-corrected chi connectivity index (χ0v) is 11.7. The Morgan fingerprint density at radius 3 is 3.19 bits per heavy atom. The van der Waals surface area contributed by atoms with Gasteiger partial charge in [-0.3, -0.25) is 10.1 Å². The van der Waals surface area contributed by atoms with Crippen molar-refractivity contribution in [2.75, 3.05) is 0 Å². The molecule has 6 nitrogen and oxygen atoms in total. The maximum atomic E-state index is 5.39. The van der Waals surface area contributed by atoms with Gasteiger partial charge in [0.15, 0.2) is 5.69 Å². The second-order valence-corrected chi connectivity index (χ2v) is 5.54. The molecule has 4 rings (SSSR count). The number of aryl methyl sites for hydroxylation is 1. The lowest BCUT2D eigenvalue weighted by Crippen LogP contribution is -2.10. The number of fused-ring (bicyclic) bond motifs is 1. The molecule has 0 aliphatic heterocycles. The van der Waals surface area contributed by atoms with Gasteiger partial charge in [-0.25, -0.2) is 0 Å². The molecule has 0 spiro atoms. The standard InChI is InChI=1S/C15H15N5O/c1-9-4-5-12-11(7-9)13(19-18-12)15-17-14(20-21-15)10-3-2-6-16-8-10/h2-3,6,8-9H,4-5,7H2,1H3,(H,18,19). The van der Waals surface area contributed by atoms with Crippen molar-refractivity contribution < 1.29 is 4.52 Å². The molecule has 1 N–H and O–H groups in total. The van der Waals surface area contributed by atoms with E-state index in [2.05, 4.69) is 32.2 Å². The lowest BCUT2D eigenvalue weighted by atomic mass is 9.88.